The minimum atomic E-state index is -0.228. The molecule has 0 amide bonds. The van der Waals surface area contributed by atoms with Gasteiger partial charge in [0.1, 0.15) is 0 Å². The van der Waals surface area contributed by atoms with Crippen LogP contribution in [0, 0.1) is 6.92 Å². The minimum Gasteiger partial charge on any atom is -0.0716 e. The van der Waals surface area contributed by atoms with Crippen molar-refractivity contribution in [2.75, 3.05) is 0 Å². The summed E-state index contributed by atoms with van der Waals surface area (Å²) in [4.78, 5) is 0. The van der Waals surface area contributed by atoms with Crippen molar-refractivity contribution < 1.29 is 0 Å². The average Bonchev–Trinajstić information content (AvgIpc) is 2.91. The fraction of sp³-hybridized carbons (Fsp3) is 0.185. The molecular weight excluding hydrogens is 324 g/mol. The molecule has 0 spiro atoms. The molecule has 2 aliphatic carbocycles. The SMILES string of the molecule is CC1=CC=C2C(c3ccc(C)cc3)=CC(=C(C)C)C2(c2ccccc2)C=C1. The second kappa shape index (κ2) is 6.70. The van der Waals surface area contributed by atoms with Crippen molar-refractivity contribution in [3.05, 3.63) is 124 Å². The Kier molecular flexibility index (Phi) is 4.36. The van der Waals surface area contributed by atoms with Crippen molar-refractivity contribution in [3.8, 4) is 0 Å². The number of allylic oxidation sites excluding steroid dienone is 10. The van der Waals surface area contributed by atoms with Crippen LogP contribution in [0.3, 0.4) is 0 Å². The van der Waals surface area contributed by atoms with E-state index in [2.05, 4.69) is 113 Å². The standard InChI is InChI=1S/C27H26/c1-19(2)26-18-24(22-13-10-20(3)11-14-22)25-15-12-21(4)16-17-27(25,26)23-8-6-5-7-9-23/h5-18H,1-4H3. The highest BCUT2D eigenvalue weighted by Crippen LogP contribution is 2.54. The zero-order valence-electron chi connectivity index (χ0n) is 16.6. The molecule has 0 saturated heterocycles. The van der Waals surface area contributed by atoms with Crippen LogP contribution in [0.1, 0.15) is 37.5 Å². The van der Waals surface area contributed by atoms with Gasteiger partial charge in [-0.25, -0.2) is 0 Å². The molecule has 1 unspecified atom stereocenters. The first-order valence-electron chi connectivity index (χ1n) is 9.63. The van der Waals surface area contributed by atoms with E-state index in [9.17, 15) is 0 Å². The lowest BCUT2D eigenvalue weighted by Gasteiger charge is -2.32. The molecule has 0 heterocycles. The van der Waals surface area contributed by atoms with Gasteiger partial charge in [0.25, 0.3) is 0 Å². The van der Waals surface area contributed by atoms with E-state index in [1.54, 1.807) is 0 Å². The van der Waals surface area contributed by atoms with E-state index in [4.69, 9.17) is 0 Å². The molecule has 0 heteroatoms. The minimum absolute atomic E-state index is 0.228. The highest BCUT2D eigenvalue weighted by Gasteiger charge is 2.43. The molecule has 1 atom stereocenters. The Labute approximate surface area is 163 Å². The average molecular weight is 351 g/mol. The van der Waals surface area contributed by atoms with E-state index in [1.165, 1.54) is 44.6 Å². The first-order chi connectivity index (χ1) is 13.0. The van der Waals surface area contributed by atoms with Gasteiger partial charge in [0.15, 0.2) is 0 Å². The molecular formula is C27H26. The van der Waals surface area contributed by atoms with E-state index in [0.29, 0.717) is 0 Å². The second-order valence-corrected chi connectivity index (χ2v) is 7.84. The summed E-state index contributed by atoms with van der Waals surface area (Å²) < 4.78 is 0. The smallest absolute Gasteiger partial charge is 0.0640 e. The lowest BCUT2D eigenvalue weighted by molar-refractivity contribution is 0.790. The van der Waals surface area contributed by atoms with Gasteiger partial charge in [-0.3, -0.25) is 0 Å². The summed E-state index contributed by atoms with van der Waals surface area (Å²) in [6.07, 6.45) is 11.6. The van der Waals surface area contributed by atoms with E-state index in [0.717, 1.165) is 0 Å². The van der Waals surface area contributed by atoms with Gasteiger partial charge in [-0.1, -0.05) is 95.6 Å². The first-order valence-corrected chi connectivity index (χ1v) is 9.63. The Morgan fingerprint density at radius 3 is 2.19 bits per heavy atom. The number of aryl methyl sites for hydroxylation is 1. The molecule has 0 fully saturated rings. The number of hydrogen-bond donors (Lipinski definition) is 0. The van der Waals surface area contributed by atoms with Crippen LogP contribution in [-0.2, 0) is 5.41 Å². The number of fused-ring (bicyclic) bond motifs is 1. The maximum absolute atomic E-state index is 2.40. The van der Waals surface area contributed by atoms with Crippen molar-refractivity contribution in [2.45, 2.75) is 33.1 Å². The summed E-state index contributed by atoms with van der Waals surface area (Å²) in [6.45, 7) is 8.77. The van der Waals surface area contributed by atoms with Crippen LogP contribution in [0.15, 0.2) is 107 Å². The van der Waals surface area contributed by atoms with Gasteiger partial charge in [-0.2, -0.15) is 0 Å². The summed E-state index contributed by atoms with van der Waals surface area (Å²) in [5, 5.41) is 0. The molecule has 0 aliphatic heterocycles. The fourth-order valence-corrected chi connectivity index (χ4v) is 4.24. The molecule has 0 saturated carbocycles. The third-order valence-electron chi connectivity index (χ3n) is 5.67. The van der Waals surface area contributed by atoms with E-state index in [1.807, 2.05) is 0 Å². The Morgan fingerprint density at radius 1 is 0.815 bits per heavy atom. The summed E-state index contributed by atoms with van der Waals surface area (Å²) in [6, 6.07) is 19.8. The maximum atomic E-state index is 2.40. The Morgan fingerprint density at radius 2 is 1.52 bits per heavy atom. The predicted molar refractivity (Wildman–Crippen MR) is 117 cm³/mol. The molecule has 0 radical (unpaired) electrons. The zero-order chi connectivity index (χ0) is 19.0. The van der Waals surface area contributed by atoms with Crippen molar-refractivity contribution in [1.82, 2.24) is 0 Å². The topological polar surface area (TPSA) is 0 Å². The van der Waals surface area contributed by atoms with Crippen LogP contribution < -0.4 is 0 Å². The van der Waals surface area contributed by atoms with Gasteiger partial charge >= 0.3 is 0 Å². The molecule has 2 aromatic rings. The molecule has 2 aromatic carbocycles. The van der Waals surface area contributed by atoms with Crippen molar-refractivity contribution in [3.63, 3.8) is 0 Å². The van der Waals surface area contributed by atoms with Gasteiger partial charge in [-0.15, -0.1) is 0 Å². The molecule has 0 bridgehead atoms. The summed E-state index contributed by atoms with van der Waals surface area (Å²) in [7, 11) is 0. The molecule has 0 nitrogen and oxygen atoms in total. The van der Waals surface area contributed by atoms with Gasteiger partial charge < -0.3 is 0 Å². The van der Waals surface area contributed by atoms with Crippen LogP contribution >= 0.6 is 0 Å². The summed E-state index contributed by atoms with van der Waals surface area (Å²) in [5.41, 5.74) is 10.4. The number of rotatable bonds is 2. The predicted octanol–water partition coefficient (Wildman–Crippen LogP) is 7.11. The van der Waals surface area contributed by atoms with Gasteiger partial charge in [-0.05, 0) is 61.6 Å². The van der Waals surface area contributed by atoms with Crippen molar-refractivity contribution in [1.29, 1.82) is 0 Å². The van der Waals surface area contributed by atoms with Gasteiger partial charge in [0, 0.05) is 0 Å². The summed E-state index contributed by atoms with van der Waals surface area (Å²) in [5.74, 6) is 0. The van der Waals surface area contributed by atoms with Crippen LogP contribution in [0.5, 0.6) is 0 Å². The van der Waals surface area contributed by atoms with Crippen LogP contribution in [-0.4, -0.2) is 0 Å². The molecule has 2 aliphatic rings. The largest absolute Gasteiger partial charge is 0.0716 e. The molecule has 134 valence electrons. The molecule has 4 rings (SSSR count). The first kappa shape index (κ1) is 17.5. The number of benzene rings is 2. The lowest BCUT2D eigenvalue weighted by atomic mass is 9.69. The number of hydrogen-bond acceptors (Lipinski definition) is 0. The molecule has 27 heavy (non-hydrogen) atoms. The Bertz CT molecular complexity index is 1020. The third kappa shape index (κ3) is 2.86. The van der Waals surface area contributed by atoms with E-state index >= 15 is 0 Å². The van der Waals surface area contributed by atoms with Crippen LogP contribution in [0.25, 0.3) is 5.57 Å². The summed E-state index contributed by atoms with van der Waals surface area (Å²) >= 11 is 0. The Balaban J connectivity index is 2.03. The van der Waals surface area contributed by atoms with Crippen molar-refractivity contribution >= 4 is 5.57 Å². The van der Waals surface area contributed by atoms with Crippen molar-refractivity contribution in [2.24, 2.45) is 0 Å². The highest BCUT2D eigenvalue weighted by atomic mass is 14.5. The van der Waals surface area contributed by atoms with E-state index < -0.39 is 0 Å². The Hall–Kier alpha value is -2.86. The zero-order valence-corrected chi connectivity index (χ0v) is 16.6. The van der Waals surface area contributed by atoms with Crippen LogP contribution in [0.4, 0.5) is 0 Å². The van der Waals surface area contributed by atoms with E-state index in [-0.39, 0.29) is 5.41 Å². The van der Waals surface area contributed by atoms with Gasteiger partial charge in [0.05, 0.1) is 5.41 Å². The molecule has 0 N–H and O–H groups in total. The van der Waals surface area contributed by atoms with Gasteiger partial charge in [0.2, 0.25) is 0 Å². The molecule has 0 aromatic heterocycles. The second-order valence-electron chi connectivity index (χ2n) is 7.84. The van der Waals surface area contributed by atoms with Crippen LogP contribution in [0.2, 0.25) is 0 Å². The quantitative estimate of drug-likeness (QED) is 0.541. The lowest BCUT2D eigenvalue weighted by Crippen LogP contribution is -2.25. The fourth-order valence-electron chi connectivity index (χ4n) is 4.24. The normalized spacial score (nSPS) is 21.2. The highest BCUT2D eigenvalue weighted by molar-refractivity contribution is 5.92. The monoisotopic (exact) mass is 350 g/mol. The third-order valence-corrected chi connectivity index (χ3v) is 5.67. The maximum Gasteiger partial charge on any atom is 0.0640 e.